The second kappa shape index (κ2) is 8.57. The lowest BCUT2D eigenvalue weighted by atomic mass is 9.99. The summed E-state index contributed by atoms with van der Waals surface area (Å²) in [5.74, 6) is -0.183. The van der Waals surface area contributed by atoms with Crippen LogP contribution in [0, 0.1) is 5.82 Å². The molecule has 0 saturated carbocycles. The molecule has 0 radical (unpaired) electrons. The van der Waals surface area contributed by atoms with E-state index in [2.05, 4.69) is 5.10 Å². The number of hydrogen-bond donors (Lipinski definition) is 1. The van der Waals surface area contributed by atoms with Gasteiger partial charge in [0, 0.05) is 17.5 Å². The lowest BCUT2D eigenvalue weighted by Gasteiger charge is -2.19. The lowest BCUT2D eigenvalue weighted by molar-refractivity contribution is 0.264. The third kappa shape index (κ3) is 3.36. The number of aliphatic hydroxyl groups excluding tert-OH is 1. The maximum Gasteiger partial charge on any atom is 0.352 e. The first-order valence-corrected chi connectivity index (χ1v) is 10.8. The van der Waals surface area contributed by atoms with Crippen LogP contribution in [0.25, 0.3) is 33.4 Å². The minimum absolute atomic E-state index is 0.165. The summed E-state index contributed by atoms with van der Waals surface area (Å²) in [4.78, 5) is 27.2. The molecule has 2 aromatic heterocycles. The summed E-state index contributed by atoms with van der Waals surface area (Å²) >= 11 is 0. The molecule has 3 aromatic carbocycles. The van der Waals surface area contributed by atoms with Gasteiger partial charge in [0.2, 0.25) is 0 Å². The van der Waals surface area contributed by atoms with Crippen LogP contribution in [-0.4, -0.2) is 24.0 Å². The smallest absolute Gasteiger partial charge is 0.352 e. The maximum atomic E-state index is 14.3. The number of fused-ring (bicyclic) bond motifs is 1. The van der Waals surface area contributed by atoms with Crippen LogP contribution in [-0.2, 0) is 13.2 Å². The number of aliphatic hydroxyl groups is 1. The van der Waals surface area contributed by atoms with Crippen molar-refractivity contribution in [2.24, 2.45) is 0 Å². The monoisotopic (exact) mass is 456 g/mol. The molecule has 2 heterocycles. The topological polar surface area (TPSA) is 82.0 Å². The molecule has 1 N–H and O–H groups in total. The summed E-state index contributed by atoms with van der Waals surface area (Å²) < 4.78 is 18.0. The Morgan fingerprint density at radius 1 is 0.912 bits per heavy atom. The van der Waals surface area contributed by atoms with Gasteiger partial charge in [0.1, 0.15) is 12.4 Å². The fourth-order valence-corrected chi connectivity index (χ4v) is 4.29. The van der Waals surface area contributed by atoms with Gasteiger partial charge in [-0.2, -0.15) is 4.68 Å². The van der Waals surface area contributed by atoms with Gasteiger partial charge >= 0.3 is 5.69 Å². The standard InChI is InChI=1S/C26H21FN4O3/c1-2-29-22(16-32)28-31(26(29)34)24-23(17-9-4-3-5-10-17)20-13-6-7-14-21(20)25(33)30(24)19-12-8-11-18(27)15-19/h3-15,32H,2,16H2,1H3. The number of pyridine rings is 1. The highest BCUT2D eigenvalue weighted by Gasteiger charge is 2.24. The van der Waals surface area contributed by atoms with Crippen molar-refractivity contribution in [3.63, 3.8) is 0 Å². The summed E-state index contributed by atoms with van der Waals surface area (Å²) in [5, 5.41) is 15.2. The molecular formula is C26H21FN4O3. The zero-order valence-electron chi connectivity index (χ0n) is 18.4. The number of aromatic nitrogens is 4. The van der Waals surface area contributed by atoms with Crippen molar-refractivity contribution in [2.75, 3.05) is 0 Å². The van der Waals surface area contributed by atoms with Gasteiger partial charge in [-0.3, -0.25) is 13.9 Å². The van der Waals surface area contributed by atoms with Crippen LogP contribution in [0.5, 0.6) is 0 Å². The summed E-state index contributed by atoms with van der Waals surface area (Å²) in [6.07, 6.45) is 0. The zero-order chi connectivity index (χ0) is 23.8. The first-order chi connectivity index (χ1) is 16.5. The predicted molar refractivity (Wildman–Crippen MR) is 128 cm³/mol. The molecule has 0 bridgehead atoms. The average molecular weight is 456 g/mol. The third-order valence-electron chi connectivity index (χ3n) is 5.79. The molecule has 170 valence electrons. The largest absolute Gasteiger partial charge is 0.388 e. The highest BCUT2D eigenvalue weighted by Crippen LogP contribution is 2.33. The van der Waals surface area contributed by atoms with Crippen LogP contribution in [0.2, 0.25) is 0 Å². The molecule has 0 unspecified atom stereocenters. The number of benzene rings is 3. The summed E-state index contributed by atoms with van der Waals surface area (Å²) in [7, 11) is 0. The fraction of sp³-hybridized carbons (Fsp3) is 0.115. The van der Waals surface area contributed by atoms with Crippen molar-refractivity contribution in [1.29, 1.82) is 0 Å². The molecule has 34 heavy (non-hydrogen) atoms. The van der Waals surface area contributed by atoms with E-state index >= 15 is 0 Å². The molecule has 8 heteroatoms. The SMILES string of the molecule is CCn1c(CO)nn(-c2c(-c3ccccc3)c3ccccc3c(=O)n2-c2cccc(F)c2)c1=O. The van der Waals surface area contributed by atoms with Crippen LogP contribution < -0.4 is 11.2 Å². The highest BCUT2D eigenvalue weighted by atomic mass is 19.1. The Morgan fingerprint density at radius 2 is 1.62 bits per heavy atom. The Morgan fingerprint density at radius 3 is 2.26 bits per heavy atom. The first kappa shape index (κ1) is 21.5. The van der Waals surface area contributed by atoms with Crippen molar-refractivity contribution in [3.8, 4) is 22.6 Å². The number of halogens is 1. The molecule has 0 aliphatic carbocycles. The molecule has 0 atom stereocenters. The maximum absolute atomic E-state index is 14.3. The molecule has 0 fully saturated rings. The zero-order valence-corrected chi connectivity index (χ0v) is 18.4. The molecular weight excluding hydrogens is 435 g/mol. The third-order valence-corrected chi connectivity index (χ3v) is 5.79. The molecule has 5 aromatic rings. The van der Waals surface area contributed by atoms with E-state index in [0.717, 1.165) is 10.2 Å². The van der Waals surface area contributed by atoms with Crippen LogP contribution in [0.15, 0.2) is 88.5 Å². The normalized spacial score (nSPS) is 11.3. The van der Waals surface area contributed by atoms with E-state index in [0.29, 0.717) is 16.3 Å². The van der Waals surface area contributed by atoms with Gasteiger partial charge in [-0.05, 0) is 42.1 Å². The van der Waals surface area contributed by atoms with E-state index < -0.39 is 23.7 Å². The molecule has 0 aliphatic rings. The Balaban J connectivity index is 2.06. The molecule has 5 rings (SSSR count). The van der Waals surface area contributed by atoms with Crippen molar-refractivity contribution in [1.82, 2.24) is 18.9 Å². The van der Waals surface area contributed by atoms with E-state index in [1.165, 1.54) is 27.3 Å². The second-order valence-corrected chi connectivity index (χ2v) is 7.74. The van der Waals surface area contributed by atoms with Crippen molar-refractivity contribution < 1.29 is 9.50 Å². The van der Waals surface area contributed by atoms with E-state index in [-0.39, 0.29) is 23.9 Å². The van der Waals surface area contributed by atoms with Gasteiger partial charge in [0.15, 0.2) is 11.6 Å². The van der Waals surface area contributed by atoms with Gasteiger partial charge in [0.05, 0.1) is 5.69 Å². The van der Waals surface area contributed by atoms with E-state index in [4.69, 9.17) is 0 Å². The summed E-state index contributed by atoms with van der Waals surface area (Å²) in [6.45, 7) is 1.60. The molecule has 0 saturated heterocycles. The van der Waals surface area contributed by atoms with Crippen molar-refractivity contribution in [2.45, 2.75) is 20.1 Å². The van der Waals surface area contributed by atoms with Gasteiger partial charge in [0.25, 0.3) is 5.56 Å². The van der Waals surface area contributed by atoms with E-state index in [9.17, 15) is 19.1 Å². The number of hydrogen-bond acceptors (Lipinski definition) is 4. The Kier molecular flexibility index (Phi) is 5.43. The first-order valence-electron chi connectivity index (χ1n) is 10.8. The minimum atomic E-state index is -0.521. The quantitative estimate of drug-likeness (QED) is 0.438. The lowest BCUT2D eigenvalue weighted by Crippen LogP contribution is -2.31. The summed E-state index contributed by atoms with van der Waals surface area (Å²) in [6, 6.07) is 22.1. The van der Waals surface area contributed by atoms with E-state index in [1.54, 1.807) is 25.1 Å². The van der Waals surface area contributed by atoms with Crippen LogP contribution in [0.3, 0.4) is 0 Å². The van der Waals surface area contributed by atoms with Crippen molar-refractivity contribution >= 4 is 10.8 Å². The van der Waals surface area contributed by atoms with Crippen LogP contribution >= 0.6 is 0 Å². The Labute approximate surface area is 193 Å². The van der Waals surface area contributed by atoms with Gasteiger partial charge in [-0.25, -0.2) is 9.18 Å². The molecule has 0 amide bonds. The minimum Gasteiger partial charge on any atom is -0.388 e. The van der Waals surface area contributed by atoms with E-state index in [1.807, 2.05) is 42.5 Å². The fourth-order valence-electron chi connectivity index (χ4n) is 4.29. The molecule has 0 spiro atoms. The highest BCUT2D eigenvalue weighted by molar-refractivity contribution is 5.99. The van der Waals surface area contributed by atoms with Gasteiger partial charge in [-0.1, -0.05) is 54.6 Å². The predicted octanol–water partition coefficient (Wildman–Crippen LogP) is 3.66. The second-order valence-electron chi connectivity index (χ2n) is 7.74. The van der Waals surface area contributed by atoms with Crippen LogP contribution in [0.4, 0.5) is 4.39 Å². The molecule has 0 aliphatic heterocycles. The Bertz CT molecular complexity index is 1630. The van der Waals surface area contributed by atoms with Gasteiger partial charge in [-0.15, -0.1) is 5.10 Å². The number of nitrogens with zero attached hydrogens (tertiary/aromatic N) is 4. The van der Waals surface area contributed by atoms with Crippen LogP contribution in [0.1, 0.15) is 12.7 Å². The Hall–Kier alpha value is -4.30. The van der Waals surface area contributed by atoms with Crippen molar-refractivity contribution in [3.05, 3.63) is 111 Å². The number of rotatable bonds is 5. The molecule has 7 nitrogen and oxygen atoms in total. The average Bonchev–Trinajstić information content (AvgIpc) is 3.19. The summed E-state index contributed by atoms with van der Waals surface area (Å²) in [5.41, 5.74) is 0.670. The van der Waals surface area contributed by atoms with Gasteiger partial charge < -0.3 is 5.11 Å².